The maximum atomic E-state index is 13.5. The number of nitrogens with one attached hydrogen (secondary N) is 1. The number of carbonyl (C=O) groups is 1. The number of halogens is 6. The molecule has 4 aromatic rings. The maximum Gasteiger partial charge on any atom is 0.573 e. The van der Waals surface area contributed by atoms with Gasteiger partial charge in [0.05, 0.1) is 10.5 Å². The molecule has 0 unspecified atom stereocenters. The number of ether oxygens (including phenoxy) is 1. The first-order valence-corrected chi connectivity index (χ1v) is 12.6. The first kappa shape index (κ1) is 27.6. The molecule has 0 fully saturated rings. The van der Waals surface area contributed by atoms with Crippen molar-refractivity contribution < 1.29 is 31.5 Å². The van der Waals surface area contributed by atoms with Crippen molar-refractivity contribution in [1.82, 2.24) is 19.8 Å². The lowest BCUT2D eigenvalue weighted by atomic mass is 10.0. The van der Waals surface area contributed by atoms with E-state index < -0.39 is 29.9 Å². The third-order valence-corrected chi connectivity index (χ3v) is 6.78. The normalized spacial score (nSPS) is 14.1. The Labute approximate surface area is 230 Å². The number of aromatic nitrogens is 2. The van der Waals surface area contributed by atoms with Gasteiger partial charge >= 0.3 is 12.4 Å². The summed E-state index contributed by atoms with van der Waals surface area (Å²) in [7, 11) is 0. The van der Waals surface area contributed by atoms with Crippen LogP contribution in [0, 0.1) is 11.8 Å². The molecule has 12 heteroatoms. The Morgan fingerprint density at radius 3 is 2.70 bits per heavy atom. The molecule has 1 aliphatic heterocycles. The van der Waals surface area contributed by atoms with Crippen LogP contribution in [0.3, 0.4) is 0 Å². The van der Waals surface area contributed by atoms with Crippen molar-refractivity contribution >= 4 is 34.6 Å². The van der Waals surface area contributed by atoms with Crippen molar-refractivity contribution in [2.24, 2.45) is 0 Å². The number of carbonyl (C=O) groups excluding carboxylic acids is 1. The highest BCUT2D eigenvalue weighted by Crippen LogP contribution is 2.34. The third kappa shape index (κ3) is 6.26. The molecule has 3 heterocycles. The van der Waals surface area contributed by atoms with Crippen LogP contribution in [0.1, 0.15) is 22.4 Å². The number of fused-ring (bicyclic) bond motifs is 3. The lowest BCUT2D eigenvalue weighted by molar-refractivity contribution is -0.274. The fourth-order valence-electron chi connectivity index (χ4n) is 4.74. The van der Waals surface area contributed by atoms with Crippen LogP contribution in [0.4, 0.5) is 26.7 Å². The Morgan fingerprint density at radius 2 is 1.95 bits per heavy atom. The van der Waals surface area contributed by atoms with Gasteiger partial charge in [0.15, 0.2) is 0 Å². The zero-order valence-electron chi connectivity index (χ0n) is 20.8. The minimum atomic E-state index is -4.89. The Morgan fingerprint density at radius 1 is 1.12 bits per heavy atom. The fourth-order valence-corrected chi connectivity index (χ4v) is 4.93. The van der Waals surface area contributed by atoms with E-state index in [0.717, 1.165) is 11.1 Å². The van der Waals surface area contributed by atoms with Crippen molar-refractivity contribution in [1.29, 1.82) is 0 Å². The summed E-state index contributed by atoms with van der Waals surface area (Å²) in [6, 6.07) is 10.5. The van der Waals surface area contributed by atoms with Gasteiger partial charge in [-0.05, 0) is 53.1 Å². The minimum absolute atomic E-state index is 0.00418. The average Bonchev–Trinajstić information content (AvgIpc) is 3.21. The van der Waals surface area contributed by atoms with Crippen LogP contribution in [0.2, 0.25) is 5.02 Å². The molecule has 1 aliphatic rings. The largest absolute Gasteiger partial charge is 0.573 e. The first-order valence-electron chi connectivity index (χ1n) is 12.2. The van der Waals surface area contributed by atoms with Gasteiger partial charge in [-0.2, -0.15) is 4.39 Å². The van der Waals surface area contributed by atoms with Crippen molar-refractivity contribution in [2.75, 3.05) is 13.1 Å². The van der Waals surface area contributed by atoms with E-state index in [4.69, 9.17) is 11.6 Å². The van der Waals surface area contributed by atoms with Gasteiger partial charge in [-0.15, -0.1) is 13.2 Å². The Kier molecular flexibility index (Phi) is 7.77. The van der Waals surface area contributed by atoms with E-state index in [9.17, 15) is 26.7 Å². The van der Waals surface area contributed by atoms with E-state index in [1.54, 1.807) is 12.1 Å². The van der Waals surface area contributed by atoms with Crippen molar-refractivity contribution in [3.05, 3.63) is 100.0 Å². The Hall–Kier alpha value is -3.96. The van der Waals surface area contributed by atoms with Gasteiger partial charge in [-0.1, -0.05) is 29.8 Å². The summed E-state index contributed by atoms with van der Waals surface area (Å²) in [6.07, 6.45) is 0.561. The quantitative estimate of drug-likeness (QED) is 0.205. The number of rotatable bonds is 6. The molecule has 0 bridgehead atoms. The van der Waals surface area contributed by atoms with E-state index in [2.05, 4.69) is 19.9 Å². The summed E-state index contributed by atoms with van der Waals surface area (Å²) in [6.45, 7) is 1.55. The van der Waals surface area contributed by atoms with Crippen LogP contribution in [-0.2, 0) is 19.5 Å². The molecule has 0 saturated carbocycles. The summed E-state index contributed by atoms with van der Waals surface area (Å²) >= 11 is 5.85. The van der Waals surface area contributed by atoms with Crippen LogP contribution in [-0.4, -0.2) is 39.9 Å². The number of nitrogens with zero attached hydrogens (tertiary/aromatic N) is 3. The molecule has 0 atom stereocenters. The number of hydrogen-bond acceptors (Lipinski definition) is 4. The van der Waals surface area contributed by atoms with Gasteiger partial charge in [-0.25, -0.2) is 14.2 Å². The summed E-state index contributed by atoms with van der Waals surface area (Å²) < 4.78 is 71.1. The predicted octanol–water partition coefficient (Wildman–Crippen LogP) is 6.70. The zero-order chi connectivity index (χ0) is 28.4. The lowest BCUT2D eigenvalue weighted by Crippen LogP contribution is -2.34. The van der Waals surface area contributed by atoms with E-state index >= 15 is 0 Å². The van der Waals surface area contributed by atoms with Gasteiger partial charge in [0.2, 0.25) is 5.95 Å². The predicted molar refractivity (Wildman–Crippen MR) is 140 cm³/mol. The monoisotopic (exact) mass is 576 g/mol. The van der Waals surface area contributed by atoms with Gasteiger partial charge in [-0.3, -0.25) is 9.47 Å². The molecule has 1 N–H and O–H groups in total. The molecule has 2 aromatic heterocycles. The minimum Gasteiger partial charge on any atom is -0.406 e. The van der Waals surface area contributed by atoms with Crippen LogP contribution < -0.4 is 10.1 Å². The van der Waals surface area contributed by atoms with E-state index in [0.29, 0.717) is 42.7 Å². The molecular formula is C28H22ClF5N4O2. The molecule has 1 amide bonds. The maximum absolute atomic E-state index is 13.5. The topological polar surface area (TPSA) is 59.4 Å². The highest BCUT2D eigenvalue weighted by Gasteiger charge is 2.32. The summed E-state index contributed by atoms with van der Waals surface area (Å²) in [5, 5.41) is 3.36. The highest BCUT2D eigenvalue weighted by molar-refractivity contribution is 6.30. The van der Waals surface area contributed by atoms with Crippen LogP contribution >= 0.6 is 11.6 Å². The SMILES string of the molecule is O=C(NCc1ccnc(F)c1)n1c2c(c3ccc(OC(F)(F)F)cc31)CN(CC=Cc1ccc(F)c(Cl)c1)CC2. The number of amides is 1. The van der Waals surface area contributed by atoms with Gasteiger partial charge in [0.1, 0.15) is 11.6 Å². The standard InChI is InChI=1S/C28H22ClF5N4O2/c29-22-12-17(3-6-23(22)30)2-1-10-37-11-8-24-21(16-37)20-5-4-19(40-28(32,33)34)14-25(20)38(24)27(39)36-15-18-7-9-35-26(31)13-18/h1-7,9,12-14H,8,10-11,15-16H2,(H,36,39). The average molecular weight is 577 g/mol. The highest BCUT2D eigenvalue weighted by atomic mass is 35.5. The zero-order valence-corrected chi connectivity index (χ0v) is 21.6. The molecule has 0 aliphatic carbocycles. The second-order valence-electron chi connectivity index (χ2n) is 9.19. The van der Waals surface area contributed by atoms with Crippen LogP contribution in [0.25, 0.3) is 17.0 Å². The molecule has 208 valence electrons. The van der Waals surface area contributed by atoms with Crippen LogP contribution in [0.5, 0.6) is 5.75 Å². The fraction of sp³-hybridized carbons (Fsp3) is 0.214. The van der Waals surface area contributed by atoms with Crippen molar-refractivity contribution in [3.63, 3.8) is 0 Å². The van der Waals surface area contributed by atoms with E-state index in [1.165, 1.54) is 47.2 Å². The van der Waals surface area contributed by atoms with E-state index in [-0.39, 0.29) is 17.1 Å². The first-order chi connectivity index (χ1) is 19.1. The number of benzene rings is 2. The van der Waals surface area contributed by atoms with Gasteiger partial charge < -0.3 is 10.1 Å². The van der Waals surface area contributed by atoms with Crippen molar-refractivity contribution in [3.8, 4) is 5.75 Å². The van der Waals surface area contributed by atoms with Crippen molar-refractivity contribution in [2.45, 2.75) is 25.9 Å². The van der Waals surface area contributed by atoms with Gasteiger partial charge in [0.25, 0.3) is 0 Å². The van der Waals surface area contributed by atoms with Crippen LogP contribution in [0.15, 0.2) is 60.8 Å². The lowest BCUT2D eigenvalue weighted by Gasteiger charge is -2.27. The third-order valence-electron chi connectivity index (χ3n) is 6.49. The number of alkyl halides is 3. The Bertz CT molecular complexity index is 1600. The molecule has 0 saturated heterocycles. The molecule has 6 nitrogen and oxygen atoms in total. The number of pyridine rings is 1. The molecule has 5 rings (SSSR count). The molecule has 0 radical (unpaired) electrons. The smallest absolute Gasteiger partial charge is 0.406 e. The van der Waals surface area contributed by atoms with E-state index in [1.807, 2.05) is 12.2 Å². The Balaban J connectivity index is 1.42. The molecule has 2 aromatic carbocycles. The molecular weight excluding hydrogens is 555 g/mol. The molecule has 40 heavy (non-hydrogen) atoms. The molecule has 0 spiro atoms. The second-order valence-corrected chi connectivity index (χ2v) is 9.60. The van der Waals surface area contributed by atoms with Gasteiger partial charge in [0, 0.05) is 55.9 Å². The summed E-state index contributed by atoms with van der Waals surface area (Å²) in [5.41, 5.74) is 2.96. The summed E-state index contributed by atoms with van der Waals surface area (Å²) in [4.78, 5) is 18.9. The summed E-state index contributed by atoms with van der Waals surface area (Å²) in [5.74, 6) is -1.64. The number of hydrogen-bond donors (Lipinski definition) is 1. The second kappa shape index (κ2) is 11.3.